The molecule has 0 saturated heterocycles. The van der Waals surface area contributed by atoms with Crippen LogP contribution in [0.4, 0.5) is 5.69 Å². The van der Waals surface area contributed by atoms with Crippen LogP contribution < -0.4 is 10.6 Å². The van der Waals surface area contributed by atoms with Gasteiger partial charge in [-0.15, -0.1) is 11.8 Å². The van der Waals surface area contributed by atoms with Crippen molar-refractivity contribution < 1.29 is 4.79 Å². The lowest BCUT2D eigenvalue weighted by Crippen LogP contribution is -2.43. The molecule has 0 heterocycles. The average Bonchev–Trinajstić information content (AvgIpc) is 2.33. The smallest absolute Gasteiger partial charge is 0.239 e. The summed E-state index contributed by atoms with van der Waals surface area (Å²) in [5.41, 5.74) is 1.02. The van der Waals surface area contributed by atoms with Crippen molar-refractivity contribution in [2.75, 3.05) is 18.1 Å². The molecule has 0 aliphatic rings. The van der Waals surface area contributed by atoms with Crippen molar-refractivity contribution in [3.05, 3.63) is 23.8 Å². The molecule has 1 aromatic carbocycles. The van der Waals surface area contributed by atoms with Crippen LogP contribution in [0.25, 0.3) is 0 Å². The Morgan fingerprint density at radius 3 is 2.63 bits per heavy atom. The second kappa shape index (κ2) is 6.48. The van der Waals surface area contributed by atoms with Crippen molar-refractivity contribution in [1.82, 2.24) is 5.32 Å². The van der Waals surface area contributed by atoms with Gasteiger partial charge in [0, 0.05) is 10.4 Å². The zero-order chi connectivity index (χ0) is 14.5. The van der Waals surface area contributed by atoms with Gasteiger partial charge >= 0.3 is 0 Å². The van der Waals surface area contributed by atoms with E-state index in [0.717, 1.165) is 4.90 Å². The molecule has 0 aliphatic heterocycles. The molecule has 0 saturated carbocycles. The van der Waals surface area contributed by atoms with Crippen molar-refractivity contribution >= 4 is 23.4 Å². The predicted molar refractivity (Wildman–Crippen MR) is 79.3 cm³/mol. The van der Waals surface area contributed by atoms with Crippen LogP contribution in [0.2, 0.25) is 0 Å². The molecule has 5 heteroatoms. The standard InChI is InChI=1S/C14H19N3OS/c1-14(2,3)17-13(18)9-16-11-6-5-7-12(19-4)10(11)8-15/h5-7,16H,9H2,1-4H3,(H,17,18). The van der Waals surface area contributed by atoms with E-state index in [0.29, 0.717) is 11.3 Å². The van der Waals surface area contributed by atoms with Crippen LogP contribution in [-0.2, 0) is 4.79 Å². The maximum Gasteiger partial charge on any atom is 0.239 e. The van der Waals surface area contributed by atoms with Gasteiger partial charge in [0.25, 0.3) is 0 Å². The lowest BCUT2D eigenvalue weighted by molar-refractivity contribution is -0.120. The minimum atomic E-state index is -0.252. The molecule has 2 N–H and O–H groups in total. The number of thioether (sulfide) groups is 1. The molecule has 19 heavy (non-hydrogen) atoms. The van der Waals surface area contributed by atoms with E-state index >= 15 is 0 Å². The fraction of sp³-hybridized carbons (Fsp3) is 0.429. The van der Waals surface area contributed by atoms with Crippen molar-refractivity contribution in [3.8, 4) is 6.07 Å². The molecule has 0 aliphatic carbocycles. The normalized spacial score (nSPS) is 10.7. The third-order valence-corrected chi connectivity index (χ3v) is 3.09. The molecule has 0 unspecified atom stereocenters. The zero-order valence-corrected chi connectivity index (χ0v) is 12.5. The lowest BCUT2D eigenvalue weighted by Gasteiger charge is -2.21. The molecule has 0 fully saturated rings. The number of carbonyl (C=O) groups excluding carboxylic acids is 1. The summed E-state index contributed by atoms with van der Waals surface area (Å²) in [5.74, 6) is -0.0917. The summed E-state index contributed by atoms with van der Waals surface area (Å²) in [6.45, 7) is 5.95. The van der Waals surface area contributed by atoms with Crippen LogP contribution in [0.5, 0.6) is 0 Å². The summed E-state index contributed by atoms with van der Waals surface area (Å²) in [6, 6.07) is 7.74. The van der Waals surface area contributed by atoms with E-state index in [9.17, 15) is 10.1 Å². The first-order valence-electron chi connectivity index (χ1n) is 5.99. The highest BCUT2D eigenvalue weighted by molar-refractivity contribution is 7.98. The van der Waals surface area contributed by atoms with Crippen molar-refractivity contribution in [2.24, 2.45) is 0 Å². The molecule has 102 valence electrons. The Labute approximate surface area is 118 Å². The third kappa shape index (κ3) is 4.84. The van der Waals surface area contributed by atoms with Gasteiger partial charge in [-0.05, 0) is 39.2 Å². The molecule has 1 rings (SSSR count). The molecule has 1 amide bonds. The van der Waals surface area contributed by atoms with Gasteiger partial charge in [0.2, 0.25) is 5.91 Å². The highest BCUT2D eigenvalue weighted by Crippen LogP contribution is 2.25. The molecule has 0 spiro atoms. The minimum Gasteiger partial charge on any atom is -0.375 e. The Morgan fingerprint density at radius 1 is 1.42 bits per heavy atom. The number of carbonyl (C=O) groups is 1. The van der Waals surface area contributed by atoms with Crippen LogP contribution >= 0.6 is 11.8 Å². The number of amides is 1. The SMILES string of the molecule is CSc1cccc(NCC(=O)NC(C)(C)C)c1C#N. The largest absolute Gasteiger partial charge is 0.375 e. The van der Waals surface area contributed by atoms with Gasteiger partial charge in [-0.2, -0.15) is 5.26 Å². The lowest BCUT2D eigenvalue weighted by atomic mass is 10.1. The summed E-state index contributed by atoms with van der Waals surface area (Å²) in [7, 11) is 0. The summed E-state index contributed by atoms with van der Waals surface area (Å²) in [6.07, 6.45) is 1.92. The number of hydrogen-bond donors (Lipinski definition) is 2. The number of nitriles is 1. The van der Waals surface area contributed by atoms with Gasteiger partial charge in [-0.1, -0.05) is 6.07 Å². The van der Waals surface area contributed by atoms with E-state index in [1.165, 1.54) is 11.8 Å². The molecule has 0 bridgehead atoms. The fourth-order valence-electron chi connectivity index (χ4n) is 1.60. The number of benzene rings is 1. The Kier molecular flexibility index (Phi) is 5.25. The van der Waals surface area contributed by atoms with Crippen LogP contribution in [0.1, 0.15) is 26.3 Å². The topological polar surface area (TPSA) is 64.9 Å². The minimum absolute atomic E-state index is 0.0917. The maximum absolute atomic E-state index is 11.7. The van der Waals surface area contributed by atoms with Crippen LogP contribution in [0.3, 0.4) is 0 Å². The number of rotatable bonds is 4. The van der Waals surface area contributed by atoms with E-state index in [1.54, 1.807) is 0 Å². The number of nitrogens with zero attached hydrogens (tertiary/aromatic N) is 1. The molecule has 0 radical (unpaired) electrons. The van der Waals surface area contributed by atoms with Gasteiger partial charge in [0.1, 0.15) is 6.07 Å². The Balaban J connectivity index is 2.74. The van der Waals surface area contributed by atoms with Gasteiger partial charge in [0.05, 0.1) is 17.8 Å². The highest BCUT2D eigenvalue weighted by Gasteiger charge is 2.14. The van der Waals surface area contributed by atoms with Crippen LogP contribution in [-0.4, -0.2) is 24.2 Å². The molecule has 1 aromatic rings. The Bertz CT molecular complexity index is 500. The van der Waals surface area contributed by atoms with Crippen molar-refractivity contribution in [2.45, 2.75) is 31.2 Å². The fourth-order valence-corrected chi connectivity index (χ4v) is 2.18. The average molecular weight is 277 g/mol. The van der Waals surface area contributed by atoms with Gasteiger partial charge in [0.15, 0.2) is 0 Å². The number of anilines is 1. The van der Waals surface area contributed by atoms with E-state index in [2.05, 4.69) is 16.7 Å². The van der Waals surface area contributed by atoms with E-state index in [-0.39, 0.29) is 18.0 Å². The molecular formula is C14H19N3OS. The van der Waals surface area contributed by atoms with E-state index in [4.69, 9.17) is 0 Å². The van der Waals surface area contributed by atoms with E-state index < -0.39 is 0 Å². The number of nitrogens with one attached hydrogen (secondary N) is 2. The quantitative estimate of drug-likeness (QED) is 0.830. The first kappa shape index (κ1) is 15.4. The maximum atomic E-state index is 11.7. The van der Waals surface area contributed by atoms with Crippen molar-refractivity contribution in [1.29, 1.82) is 5.26 Å². The molecule has 0 atom stereocenters. The molecular weight excluding hydrogens is 258 g/mol. The Morgan fingerprint density at radius 2 is 2.11 bits per heavy atom. The second-order valence-electron chi connectivity index (χ2n) is 5.15. The first-order valence-corrected chi connectivity index (χ1v) is 7.22. The predicted octanol–water partition coefficient (Wildman–Crippen LogP) is 2.61. The van der Waals surface area contributed by atoms with E-state index in [1.807, 2.05) is 45.2 Å². The molecule has 0 aromatic heterocycles. The number of hydrogen-bond acceptors (Lipinski definition) is 4. The van der Waals surface area contributed by atoms with Gasteiger partial charge in [-0.3, -0.25) is 4.79 Å². The van der Waals surface area contributed by atoms with Gasteiger partial charge < -0.3 is 10.6 Å². The molecule has 4 nitrogen and oxygen atoms in total. The summed E-state index contributed by atoms with van der Waals surface area (Å²) in [5, 5.41) is 15.1. The third-order valence-electron chi connectivity index (χ3n) is 2.31. The Hall–Kier alpha value is -1.67. The summed E-state index contributed by atoms with van der Waals surface area (Å²) >= 11 is 1.52. The zero-order valence-electron chi connectivity index (χ0n) is 11.7. The van der Waals surface area contributed by atoms with Gasteiger partial charge in [-0.25, -0.2) is 0 Å². The van der Waals surface area contributed by atoms with Crippen LogP contribution in [0.15, 0.2) is 23.1 Å². The van der Waals surface area contributed by atoms with Crippen molar-refractivity contribution in [3.63, 3.8) is 0 Å². The first-order chi connectivity index (χ1) is 8.87. The summed E-state index contributed by atoms with van der Waals surface area (Å²) < 4.78 is 0. The summed E-state index contributed by atoms with van der Waals surface area (Å²) in [4.78, 5) is 12.6. The highest BCUT2D eigenvalue weighted by atomic mass is 32.2. The monoisotopic (exact) mass is 277 g/mol. The second-order valence-corrected chi connectivity index (χ2v) is 5.99. The van der Waals surface area contributed by atoms with Crippen LogP contribution in [0, 0.1) is 11.3 Å².